The summed E-state index contributed by atoms with van der Waals surface area (Å²) in [7, 11) is 0. The molecular weight excluding hydrogens is 222 g/mol. The molecule has 0 aliphatic heterocycles. The second-order valence-corrected chi connectivity index (χ2v) is 4.52. The summed E-state index contributed by atoms with van der Waals surface area (Å²) in [5.41, 5.74) is 5.04. The normalized spacial score (nSPS) is 29.2. The molecule has 1 heterocycles. The van der Waals surface area contributed by atoms with Crippen molar-refractivity contribution in [3.8, 4) is 0 Å². The van der Waals surface area contributed by atoms with Gasteiger partial charge in [0.25, 0.3) is 0 Å². The maximum Gasteiger partial charge on any atom is 0.349 e. The molecule has 94 valence electrons. The lowest BCUT2D eigenvalue weighted by molar-refractivity contribution is 0.0176. The minimum Gasteiger partial charge on any atom is -0.396 e. The van der Waals surface area contributed by atoms with Crippen LogP contribution in [0.3, 0.4) is 0 Å². The molecule has 2 rings (SSSR count). The van der Waals surface area contributed by atoms with Crippen molar-refractivity contribution in [2.45, 2.75) is 31.4 Å². The molecule has 0 bridgehead atoms. The van der Waals surface area contributed by atoms with E-state index in [4.69, 9.17) is 10.8 Å². The van der Waals surface area contributed by atoms with Gasteiger partial charge in [0.05, 0.1) is 6.10 Å². The van der Waals surface area contributed by atoms with Crippen LogP contribution in [-0.2, 0) is 0 Å². The van der Waals surface area contributed by atoms with Crippen LogP contribution in [0.4, 0.5) is 5.82 Å². The standard InChI is InChI=1S/C11H17N3O3/c12-10-3-4-14(11(17)13-10)8-2-1-7(6-15)9(16)5-8/h3-4,7-9,15-16H,1-2,5-6H2,(H2,12,13,17)/t7-,8-,9+/m1/s1. The van der Waals surface area contributed by atoms with Crippen LogP contribution in [0.1, 0.15) is 25.3 Å². The maximum atomic E-state index is 11.6. The average Bonchev–Trinajstić information content (AvgIpc) is 2.29. The number of hydrogen-bond donors (Lipinski definition) is 3. The van der Waals surface area contributed by atoms with Crippen molar-refractivity contribution in [1.82, 2.24) is 9.55 Å². The third-order valence-electron chi connectivity index (χ3n) is 3.41. The fourth-order valence-corrected chi connectivity index (χ4v) is 2.36. The second kappa shape index (κ2) is 4.85. The number of nitrogens with zero attached hydrogens (tertiary/aromatic N) is 2. The number of hydrogen-bond acceptors (Lipinski definition) is 5. The Morgan fingerprint density at radius 1 is 1.53 bits per heavy atom. The zero-order chi connectivity index (χ0) is 12.4. The lowest BCUT2D eigenvalue weighted by Crippen LogP contribution is -2.36. The molecule has 4 N–H and O–H groups in total. The van der Waals surface area contributed by atoms with Crippen molar-refractivity contribution < 1.29 is 10.2 Å². The number of aliphatic hydroxyl groups is 2. The van der Waals surface area contributed by atoms with Gasteiger partial charge in [-0.2, -0.15) is 4.98 Å². The lowest BCUT2D eigenvalue weighted by atomic mass is 9.84. The van der Waals surface area contributed by atoms with Crippen molar-refractivity contribution in [3.63, 3.8) is 0 Å². The number of aliphatic hydroxyl groups excluding tert-OH is 2. The predicted octanol–water partition coefficient (Wildman–Crippen LogP) is -0.480. The summed E-state index contributed by atoms with van der Waals surface area (Å²) in [6.45, 7) is -0.0111. The van der Waals surface area contributed by atoms with Gasteiger partial charge in [-0.05, 0) is 25.3 Å². The van der Waals surface area contributed by atoms with Crippen LogP contribution in [0.2, 0.25) is 0 Å². The van der Waals surface area contributed by atoms with Crippen molar-refractivity contribution in [2.75, 3.05) is 12.3 Å². The number of nitrogens with two attached hydrogens (primary N) is 1. The molecule has 1 aliphatic rings. The maximum absolute atomic E-state index is 11.6. The fraction of sp³-hybridized carbons (Fsp3) is 0.636. The highest BCUT2D eigenvalue weighted by Gasteiger charge is 2.29. The Morgan fingerprint density at radius 3 is 2.88 bits per heavy atom. The zero-order valence-corrected chi connectivity index (χ0v) is 9.49. The third kappa shape index (κ3) is 2.48. The minimum atomic E-state index is -0.566. The van der Waals surface area contributed by atoms with Crippen LogP contribution in [0.15, 0.2) is 17.1 Å². The first-order valence-corrected chi connectivity index (χ1v) is 5.75. The number of rotatable bonds is 2. The van der Waals surface area contributed by atoms with Crippen LogP contribution < -0.4 is 11.4 Å². The van der Waals surface area contributed by atoms with Crippen LogP contribution in [0.25, 0.3) is 0 Å². The average molecular weight is 239 g/mol. The molecule has 6 heteroatoms. The molecule has 1 aromatic heterocycles. The van der Waals surface area contributed by atoms with E-state index >= 15 is 0 Å². The van der Waals surface area contributed by atoms with Crippen LogP contribution in [-0.4, -0.2) is 32.5 Å². The van der Waals surface area contributed by atoms with Gasteiger partial charge in [-0.25, -0.2) is 4.79 Å². The van der Waals surface area contributed by atoms with Crippen molar-refractivity contribution in [2.24, 2.45) is 5.92 Å². The third-order valence-corrected chi connectivity index (χ3v) is 3.41. The summed E-state index contributed by atoms with van der Waals surface area (Å²) in [6.07, 6.45) is 2.98. The van der Waals surface area contributed by atoms with Crippen LogP contribution >= 0.6 is 0 Å². The van der Waals surface area contributed by atoms with E-state index in [9.17, 15) is 9.90 Å². The molecule has 0 unspecified atom stereocenters. The summed E-state index contributed by atoms with van der Waals surface area (Å²) in [6, 6.07) is 1.51. The predicted molar refractivity (Wildman–Crippen MR) is 62.4 cm³/mol. The number of aromatic nitrogens is 2. The molecule has 1 fully saturated rings. The molecule has 0 saturated heterocycles. The summed E-state index contributed by atoms with van der Waals surface area (Å²) in [5.74, 6) is 0.125. The minimum absolute atomic E-state index is 0.0111. The Labute approximate surface area is 98.7 Å². The van der Waals surface area contributed by atoms with Gasteiger partial charge in [-0.1, -0.05) is 0 Å². The van der Waals surface area contributed by atoms with Gasteiger partial charge in [-0.15, -0.1) is 0 Å². The van der Waals surface area contributed by atoms with E-state index in [0.717, 1.165) is 6.42 Å². The highest BCUT2D eigenvalue weighted by molar-refractivity contribution is 5.23. The molecule has 0 spiro atoms. The van der Waals surface area contributed by atoms with E-state index in [1.54, 1.807) is 12.3 Å². The molecule has 1 aromatic rings. The summed E-state index contributed by atoms with van der Waals surface area (Å²) in [5, 5.41) is 18.9. The Hall–Kier alpha value is -1.40. The molecule has 0 aromatic carbocycles. The molecule has 6 nitrogen and oxygen atoms in total. The van der Waals surface area contributed by atoms with Gasteiger partial charge in [0.15, 0.2) is 0 Å². The Bertz CT molecular complexity index is 446. The van der Waals surface area contributed by atoms with E-state index in [1.807, 2.05) is 0 Å². The molecule has 1 aliphatic carbocycles. The van der Waals surface area contributed by atoms with Gasteiger partial charge in [0.2, 0.25) is 0 Å². The van der Waals surface area contributed by atoms with Crippen molar-refractivity contribution in [1.29, 1.82) is 0 Å². The highest BCUT2D eigenvalue weighted by atomic mass is 16.3. The van der Waals surface area contributed by atoms with Crippen LogP contribution in [0.5, 0.6) is 0 Å². The summed E-state index contributed by atoms with van der Waals surface area (Å²) < 4.78 is 1.51. The van der Waals surface area contributed by atoms with Crippen LogP contribution in [0, 0.1) is 5.92 Å². The van der Waals surface area contributed by atoms with Gasteiger partial charge >= 0.3 is 5.69 Å². The van der Waals surface area contributed by atoms with E-state index in [2.05, 4.69) is 4.98 Å². The molecule has 1 saturated carbocycles. The Balaban J connectivity index is 2.16. The first-order chi connectivity index (χ1) is 8.11. The number of nitrogen functional groups attached to an aromatic ring is 1. The van der Waals surface area contributed by atoms with E-state index in [-0.39, 0.29) is 30.1 Å². The Kier molecular flexibility index (Phi) is 3.44. The molecule has 17 heavy (non-hydrogen) atoms. The highest BCUT2D eigenvalue weighted by Crippen LogP contribution is 2.31. The van der Waals surface area contributed by atoms with Gasteiger partial charge in [0.1, 0.15) is 5.82 Å². The first-order valence-electron chi connectivity index (χ1n) is 5.75. The lowest BCUT2D eigenvalue weighted by Gasteiger charge is -2.32. The van der Waals surface area contributed by atoms with Gasteiger partial charge < -0.3 is 15.9 Å². The van der Waals surface area contributed by atoms with Gasteiger partial charge in [0, 0.05) is 24.8 Å². The summed E-state index contributed by atoms with van der Waals surface area (Å²) in [4.78, 5) is 15.3. The SMILES string of the molecule is Nc1ccn([C@@H]2CC[C@H](CO)[C@@H](O)C2)c(=O)n1. The van der Waals surface area contributed by atoms with E-state index < -0.39 is 6.10 Å². The Morgan fingerprint density at radius 2 is 2.29 bits per heavy atom. The van der Waals surface area contributed by atoms with E-state index in [1.165, 1.54) is 4.57 Å². The quantitative estimate of drug-likeness (QED) is 0.647. The monoisotopic (exact) mass is 239 g/mol. The zero-order valence-electron chi connectivity index (χ0n) is 9.49. The molecular formula is C11H17N3O3. The topological polar surface area (TPSA) is 101 Å². The fourth-order valence-electron chi connectivity index (χ4n) is 2.36. The van der Waals surface area contributed by atoms with E-state index in [0.29, 0.717) is 12.8 Å². The smallest absolute Gasteiger partial charge is 0.349 e. The molecule has 3 atom stereocenters. The van der Waals surface area contributed by atoms with Crippen molar-refractivity contribution in [3.05, 3.63) is 22.7 Å². The molecule has 0 radical (unpaired) electrons. The van der Waals surface area contributed by atoms with Crippen molar-refractivity contribution >= 4 is 5.82 Å². The largest absolute Gasteiger partial charge is 0.396 e. The van der Waals surface area contributed by atoms with Gasteiger partial charge in [-0.3, -0.25) is 4.57 Å². The second-order valence-electron chi connectivity index (χ2n) is 4.52. The molecule has 0 amide bonds. The number of anilines is 1. The first kappa shape index (κ1) is 12.1. The summed E-state index contributed by atoms with van der Waals surface area (Å²) >= 11 is 0.